The highest BCUT2D eigenvalue weighted by atomic mass is 79.9. The molecule has 2 aromatic heterocycles. The lowest BCUT2D eigenvalue weighted by Gasteiger charge is -2.05. The molecule has 0 saturated heterocycles. The molecule has 0 atom stereocenters. The van der Waals surface area contributed by atoms with Crippen molar-refractivity contribution in [3.63, 3.8) is 0 Å². The van der Waals surface area contributed by atoms with Gasteiger partial charge in [-0.1, -0.05) is 34.1 Å². The summed E-state index contributed by atoms with van der Waals surface area (Å²) in [5.41, 5.74) is 2.73. The fourth-order valence-corrected chi connectivity index (χ4v) is 3.47. The lowest BCUT2D eigenvalue weighted by Crippen LogP contribution is -2.13. The molecule has 144 valence electrons. The molecule has 0 aliphatic heterocycles. The van der Waals surface area contributed by atoms with E-state index >= 15 is 0 Å². The molecule has 2 heterocycles. The topological polar surface area (TPSA) is 88.5 Å². The summed E-state index contributed by atoms with van der Waals surface area (Å²) in [4.78, 5) is 17.2. The number of hydrogen-bond donors (Lipinski definition) is 2. The first-order valence-electron chi connectivity index (χ1n) is 9.31. The molecule has 1 aliphatic rings. The van der Waals surface area contributed by atoms with Gasteiger partial charge in [-0.05, 0) is 49.2 Å². The Kier molecular flexibility index (Phi) is 4.48. The molecule has 1 amide bonds. The van der Waals surface area contributed by atoms with E-state index in [2.05, 4.69) is 41.5 Å². The summed E-state index contributed by atoms with van der Waals surface area (Å²) in [6.07, 6.45) is 4.09. The summed E-state index contributed by atoms with van der Waals surface area (Å²) in [6, 6.07) is 16.9. The van der Waals surface area contributed by atoms with Gasteiger partial charge in [0, 0.05) is 27.8 Å². The lowest BCUT2D eigenvalue weighted by molar-refractivity contribution is 0.102. The van der Waals surface area contributed by atoms with Gasteiger partial charge in [0.2, 0.25) is 0 Å². The fraction of sp³-hybridized carbons (Fsp3) is 0.143. The summed E-state index contributed by atoms with van der Waals surface area (Å²) in [5.74, 6) is 1.82. The van der Waals surface area contributed by atoms with Crippen LogP contribution in [0.25, 0.3) is 17.1 Å². The Bertz CT molecular complexity index is 1190. The van der Waals surface area contributed by atoms with Gasteiger partial charge in [0.1, 0.15) is 5.82 Å². The lowest BCUT2D eigenvalue weighted by atomic mass is 10.2. The molecular formula is C21H17BrN6O. The zero-order chi connectivity index (χ0) is 19.8. The molecule has 1 aliphatic carbocycles. The number of rotatable bonds is 5. The van der Waals surface area contributed by atoms with Gasteiger partial charge < -0.3 is 5.32 Å². The van der Waals surface area contributed by atoms with Crippen LogP contribution >= 0.6 is 15.9 Å². The highest BCUT2D eigenvalue weighted by molar-refractivity contribution is 9.10. The van der Waals surface area contributed by atoms with Crippen molar-refractivity contribution >= 4 is 27.5 Å². The van der Waals surface area contributed by atoms with Gasteiger partial charge in [0.05, 0.1) is 5.69 Å². The highest BCUT2D eigenvalue weighted by Gasteiger charge is 2.27. The van der Waals surface area contributed by atoms with Crippen molar-refractivity contribution in [1.29, 1.82) is 0 Å². The minimum atomic E-state index is -0.274. The molecule has 1 fully saturated rings. The van der Waals surface area contributed by atoms with E-state index in [1.54, 1.807) is 16.9 Å². The van der Waals surface area contributed by atoms with Crippen LogP contribution in [0.4, 0.5) is 5.69 Å². The smallest absolute Gasteiger partial charge is 0.276 e. The molecule has 2 N–H and O–H groups in total. The van der Waals surface area contributed by atoms with Crippen molar-refractivity contribution in [3.8, 4) is 17.1 Å². The van der Waals surface area contributed by atoms with Crippen LogP contribution < -0.4 is 5.32 Å². The number of halogens is 1. The Morgan fingerprint density at radius 1 is 1.14 bits per heavy atom. The van der Waals surface area contributed by atoms with E-state index in [0.29, 0.717) is 23.1 Å². The second-order valence-corrected chi connectivity index (χ2v) is 7.89. The maximum absolute atomic E-state index is 12.6. The van der Waals surface area contributed by atoms with Gasteiger partial charge in [0.25, 0.3) is 5.91 Å². The first kappa shape index (κ1) is 17.8. The summed E-state index contributed by atoms with van der Waals surface area (Å²) in [6.45, 7) is 0. The van der Waals surface area contributed by atoms with Crippen LogP contribution in [-0.2, 0) is 0 Å². The number of aromatic nitrogens is 5. The molecular weight excluding hydrogens is 432 g/mol. The van der Waals surface area contributed by atoms with Gasteiger partial charge in [0.15, 0.2) is 11.5 Å². The van der Waals surface area contributed by atoms with Crippen LogP contribution in [-0.4, -0.2) is 30.9 Å². The highest BCUT2D eigenvalue weighted by Crippen LogP contribution is 2.38. The number of nitrogens with one attached hydrogen (secondary N) is 2. The SMILES string of the molecule is O=C(Nc1cccc(-c2n[nH]c(C3CC3)n2)c1)c1ccn(-c2cccc(Br)c2)n1. The number of benzene rings is 2. The number of hydrogen-bond acceptors (Lipinski definition) is 4. The zero-order valence-electron chi connectivity index (χ0n) is 15.3. The molecule has 7 nitrogen and oxygen atoms in total. The van der Waals surface area contributed by atoms with Gasteiger partial charge in [-0.15, -0.1) is 0 Å². The number of amides is 1. The normalized spacial score (nSPS) is 13.4. The number of aromatic amines is 1. The Balaban J connectivity index is 1.33. The molecule has 8 heteroatoms. The van der Waals surface area contributed by atoms with E-state index in [1.165, 1.54) is 0 Å². The minimum absolute atomic E-state index is 0.274. The predicted molar refractivity (Wildman–Crippen MR) is 113 cm³/mol. The van der Waals surface area contributed by atoms with E-state index in [9.17, 15) is 4.79 Å². The molecule has 1 saturated carbocycles. The van der Waals surface area contributed by atoms with Crippen LogP contribution in [0, 0.1) is 0 Å². The van der Waals surface area contributed by atoms with Crippen molar-refractivity contribution in [2.75, 3.05) is 5.32 Å². The Labute approximate surface area is 175 Å². The van der Waals surface area contributed by atoms with E-state index in [0.717, 1.165) is 34.4 Å². The second-order valence-electron chi connectivity index (χ2n) is 6.98. The molecule has 2 aromatic carbocycles. The Hall–Kier alpha value is -3.26. The quantitative estimate of drug-likeness (QED) is 0.468. The second kappa shape index (κ2) is 7.29. The third-order valence-corrected chi connectivity index (χ3v) is 5.23. The van der Waals surface area contributed by atoms with Gasteiger partial charge in [-0.3, -0.25) is 9.89 Å². The maximum Gasteiger partial charge on any atom is 0.276 e. The molecule has 4 aromatic rings. The molecule has 5 rings (SSSR count). The average Bonchev–Trinajstić information content (AvgIpc) is 3.26. The number of anilines is 1. The van der Waals surface area contributed by atoms with Crippen molar-refractivity contribution in [1.82, 2.24) is 25.0 Å². The first-order valence-corrected chi connectivity index (χ1v) is 10.1. The summed E-state index contributed by atoms with van der Waals surface area (Å²) in [7, 11) is 0. The number of carbonyl (C=O) groups is 1. The van der Waals surface area contributed by atoms with Crippen LogP contribution in [0.15, 0.2) is 65.3 Å². The fourth-order valence-electron chi connectivity index (χ4n) is 3.08. The van der Waals surface area contributed by atoms with Crippen molar-refractivity contribution in [3.05, 3.63) is 76.8 Å². The van der Waals surface area contributed by atoms with E-state index < -0.39 is 0 Å². The number of nitrogens with zero attached hydrogens (tertiary/aromatic N) is 4. The third-order valence-electron chi connectivity index (χ3n) is 4.74. The van der Waals surface area contributed by atoms with Crippen LogP contribution in [0.1, 0.15) is 35.1 Å². The van der Waals surface area contributed by atoms with Crippen LogP contribution in [0.2, 0.25) is 0 Å². The molecule has 0 spiro atoms. The largest absolute Gasteiger partial charge is 0.321 e. The zero-order valence-corrected chi connectivity index (χ0v) is 16.9. The molecule has 0 bridgehead atoms. The summed E-state index contributed by atoms with van der Waals surface area (Å²) < 4.78 is 2.62. The van der Waals surface area contributed by atoms with E-state index in [1.807, 2.05) is 48.5 Å². The minimum Gasteiger partial charge on any atom is -0.321 e. The number of carbonyl (C=O) groups excluding carboxylic acids is 1. The molecule has 0 radical (unpaired) electrons. The summed E-state index contributed by atoms with van der Waals surface area (Å²) in [5, 5.41) is 14.6. The average molecular weight is 449 g/mol. The summed E-state index contributed by atoms with van der Waals surface area (Å²) >= 11 is 3.45. The molecule has 29 heavy (non-hydrogen) atoms. The first-order chi connectivity index (χ1) is 14.2. The van der Waals surface area contributed by atoms with Crippen molar-refractivity contribution < 1.29 is 4.79 Å². The Morgan fingerprint density at radius 2 is 2.00 bits per heavy atom. The van der Waals surface area contributed by atoms with Gasteiger partial charge >= 0.3 is 0 Å². The maximum atomic E-state index is 12.6. The molecule has 0 unspecified atom stereocenters. The van der Waals surface area contributed by atoms with Gasteiger partial charge in [-0.2, -0.15) is 10.2 Å². The third kappa shape index (κ3) is 3.84. The van der Waals surface area contributed by atoms with Gasteiger partial charge in [-0.25, -0.2) is 9.67 Å². The van der Waals surface area contributed by atoms with Crippen LogP contribution in [0.5, 0.6) is 0 Å². The van der Waals surface area contributed by atoms with Crippen molar-refractivity contribution in [2.45, 2.75) is 18.8 Å². The predicted octanol–water partition coefficient (Wildman–Crippen LogP) is 4.55. The van der Waals surface area contributed by atoms with Crippen LogP contribution in [0.3, 0.4) is 0 Å². The van der Waals surface area contributed by atoms with E-state index in [-0.39, 0.29) is 5.91 Å². The van der Waals surface area contributed by atoms with E-state index in [4.69, 9.17) is 0 Å². The Morgan fingerprint density at radius 3 is 2.83 bits per heavy atom. The monoisotopic (exact) mass is 448 g/mol. The standard InChI is InChI=1S/C21H17BrN6O/c22-15-4-2-6-17(12-15)28-10-9-18(27-28)21(29)23-16-5-1-3-14(11-16)20-24-19(25-26-20)13-7-8-13/h1-6,9-13H,7-8H2,(H,23,29)(H,24,25,26). The number of H-pyrrole nitrogens is 1. The van der Waals surface area contributed by atoms with Crippen molar-refractivity contribution in [2.24, 2.45) is 0 Å².